The molecule has 0 amide bonds. The molecular weight excluding hydrogens is 276 g/mol. The summed E-state index contributed by atoms with van der Waals surface area (Å²) in [7, 11) is 1.92. The summed E-state index contributed by atoms with van der Waals surface area (Å²) in [6.45, 7) is 1.11. The van der Waals surface area contributed by atoms with Crippen LogP contribution in [0.15, 0.2) is 29.3 Å². The fraction of sp³-hybridized carbons (Fsp3) is 0.385. The van der Waals surface area contributed by atoms with E-state index in [0.717, 1.165) is 5.52 Å². The molecule has 3 N–H and O–H groups in total. The van der Waals surface area contributed by atoms with E-state index in [0.29, 0.717) is 24.2 Å². The van der Waals surface area contributed by atoms with Crippen LogP contribution in [0, 0.1) is 0 Å². The Morgan fingerprint density at radius 1 is 1.20 bits per heavy atom. The molecule has 2 rings (SSSR count). The predicted octanol–water partition coefficient (Wildman–Crippen LogP) is 0.932. The highest BCUT2D eigenvalue weighted by Gasteiger charge is 2.24. The van der Waals surface area contributed by atoms with Crippen molar-refractivity contribution >= 4 is 26.6 Å². The summed E-state index contributed by atoms with van der Waals surface area (Å²) in [6, 6.07) is 5.16. The molecule has 1 heterocycles. The number of aromatic nitrogens is 1. The zero-order valence-electron chi connectivity index (χ0n) is 11.9. The van der Waals surface area contributed by atoms with Crippen LogP contribution in [0.1, 0.15) is 0 Å². The third-order valence-electron chi connectivity index (χ3n) is 3.22. The van der Waals surface area contributed by atoms with E-state index in [4.69, 9.17) is 5.73 Å². The summed E-state index contributed by atoms with van der Waals surface area (Å²) in [5, 5.41) is 0.663. The first kappa shape index (κ1) is 14.8. The van der Waals surface area contributed by atoms with Crippen LogP contribution >= 0.6 is 0 Å². The van der Waals surface area contributed by atoms with E-state index in [2.05, 4.69) is 4.98 Å². The minimum atomic E-state index is -3.50. The van der Waals surface area contributed by atoms with Crippen molar-refractivity contribution in [1.82, 2.24) is 14.2 Å². The van der Waals surface area contributed by atoms with Crippen molar-refractivity contribution in [3.05, 3.63) is 24.4 Å². The normalized spacial score (nSPS) is 12.7. The summed E-state index contributed by atoms with van der Waals surface area (Å²) in [5.41, 5.74) is 7.03. The van der Waals surface area contributed by atoms with E-state index in [9.17, 15) is 8.42 Å². The Balaban J connectivity index is 2.36. The quantitative estimate of drug-likeness (QED) is 0.804. The standard InChI is InChI=1S/C13H20N4O2S/c1-16(2)6-7-17(3)20(18,19)13-9-15-12-8-10(14)4-5-11(12)13/h4-5,8-9,15H,6-7,14H2,1-3H3. The number of rotatable bonds is 5. The number of anilines is 1. The third kappa shape index (κ3) is 2.79. The number of likely N-dealkylation sites (N-methyl/N-ethyl adjacent to an activating group) is 2. The predicted molar refractivity (Wildman–Crippen MR) is 81.1 cm³/mol. The molecule has 0 saturated heterocycles. The van der Waals surface area contributed by atoms with Crippen LogP contribution in [-0.2, 0) is 10.0 Å². The van der Waals surface area contributed by atoms with Crippen molar-refractivity contribution in [3.8, 4) is 0 Å². The Morgan fingerprint density at radius 2 is 1.90 bits per heavy atom. The molecule has 0 aliphatic heterocycles. The van der Waals surface area contributed by atoms with Crippen molar-refractivity contribution in [2.75, 3.05) is 40.0 Å². The first-order valence-electron chi connectivity index (χ1n) is 6.30. The van der Waals surface area contributed by atoms with Crippen molar-refractivity contribution in [3.63, 3.8) is 0 Å². The summed E-state index contributed by atoms with van der Waals surface area (Å²) < 4.78 is 26.5. The highest BCUT2D eigenvalue weighted by atomic mass is 32.2. The van der Waals surface area contributed by atoms with Crippen molar-refractivity contribution in [2.45, 2.75) is 4.90 Å². The molecular formula is C13H20N4O2S. The number of nitrogen functional groups attached to an aromatic ring is 1. The number of nitrogens with one attached hydrogen (secondary N) is 1. The molecule has 2 aromatic rings. The molecule has 110 valence electrons. The molecule has 0 saturated carbocycles. The molecule has 0 radical (unpaired) electrons. The van der Waals surface area contributed by atoms with Crippen molar-refractivity contribution in [1.29, 1.82) is 0 Å². The maximum Gasteiger partial charge on any atom is 0.244 e. The summed E-state index contributed by atoms with van der Waals surface area (Å²) in [6.07, 6.45) is 1.52. The minimum absolute atomic E-state index is 0.286. The Bertz CT molecular complexity index is 706. The SMILES string of the molecule is CN(C)CCN(C)S(=O)(=O)c1c[nH]c2cc(N)ccc12. The first-order valence-corrected chi connectivity index (χ1v) is 7.74. The topological polar surface area (TPSA) is 82.4 Å². The Morgan fingerprint density at radius 3 is 2.55 bits per heavy atom. The highest BCUT2D eigenvalue weighted by molar-refractivity contribution is 7.89. The number of sulfonamides is 1. The number of benzene rings is 1. The lowest BCUT2D eigenvalue weighted by Crippen LogP contribution is -2.33. The van der Waals surface area contributed by atoms with Gasteiger partial charge in [-0.3, -0.25) is 0 Å². The largest absolute Gasteiger partial charge is 0.399 e. The minimum Gasteiger partial charge on any atom is -0.399 e. The van der Waals surface area contributed by atoms with Crippen LogP contribution in [0.2, 0.25) is 0 Å². The molecule has 0 atom stereocenters. The second-order valence-corrected chi connectivity index (χ2v) is 7.10. The van der Waals surface area contributed by atoms with Gasteiger partial charge in [0.15, 0.2) is 0 Å². The van der Waals surface area contributed by atoms with E-state index < -0.39 is 10.0 Å². The van der Waals surface area contributed by atoms with Gasteiger partial charge in [-0.15, -0.1) is 0 Å². The fourth-order valence-electron chi connectivity index (χ4n) is 1.96. The van der Waals surface area contributed by atoms with Crippen LogP contribution in [0.4, 0.5) is 5.69 Å². The van der Waals surface area contributed by atoms with Gasteiger partial charge in [0.2, 0.25) is 10.0 Å². The van der Waals surface area contributed by atoms with Gasteiger partial charge >= 0.3 is 0 Å². The first-order chi connectivity index (χ1) is 9.32. The van der Waals surface area contributed by atoms with E-state index in [1.54, 1.807) is 25.2 Å². The lowest BCUT2D eigenvalue weighted by atomic mass is 10.2. The smallest absolute Gasteiger partial charge is 0.244 e. The number of hydrogen-bond donors (Lipinski definition) is 2. The average Bonchev–Trinajstić information content (AvgIpc) is 2.79. The van der Waals surface area contributed by atoms with Gasteiger partial charge in [0.05, 0.1) is 0 Å². The molecule has 0 fully saturated rings. The molecule has 20 heavy (non-hydrogen) atoms. The lowest BCUT2D eigenvalue weighted by molar-refractivity contribution is 0.358. The molecule has 0 bridgehead atoms. The van der Waals surface area contributed by atoms with E-state index >= 15 is 0 Å². The molecule has 6 nitrogen and oxygen atoms in total. The van der Waals surface area contributed by atoms with E-state index in [1.807, 2.05) is 19.0 Å². The van der Waals surface area contributed by atoms with Gasteiger partial charge in [-0.05, 0) is 32.3 Å². The van der Waals surface area contributed by atoms with Crippen molar-refractivity contribution < 1.29 is 8.42 Å². The second kappa shape index (κ2) is 5.43. The maximum absolute atomic E-state index is 12.6. The molecule has 0 aliphatic rings. The Kier molecular flexibility index (Phi) is 4.03. The summed E-state index contributed by atoms with van der Waals surface area (Å²) in [5.74, 6) is 0. The Labute approximate surface area is 119 Å². The van der Waals surface area contributed by atoms with Gasteiger partial charge in [-0.1, -0.05) is 0 Å². The Hall–Kier alpha value is -1.57. The van der Waals surface area contributed by atoms with Gasteiger partial charge in [-0.25, -0.2) is 8.42 Å². The van der Waals surface area contributed by atoms with Crippen LogP contribution < -0.4 is 5.73 Å². The number of aromatic amines is 1. The van der Waals surface area contributed by atoms with E-state index in [-0.39, 0.29) is 4.90 Å². The number of nitrogens with zero attached hydrogens (tertiary/aromatic N) is 2. The van der Waals surface area contributed by atoms with Crippen LogP contribution in [0.3, 0.4) is 0 Å². The van der Waals surface area contributed by atoms with E-state index in [1.165, 1.54) is 10.5 Å². The zero-order valence-corrected chi connectivity index (χ0v) is 12.7. The number of hydrogen-bond acceptors (Lipinski definition) is 4. The van der Waals surface area contributed by atoms with Crippen LogP contribution in [-0.4, -0.2) is 56.8 Å². The molecule has 1 aromatic carbocycles. The summed E-state index contributed by atoms with van der Waals surface area (Å²) >= 11 is 0. The molecule has 0 spiro atoms. The summed E-state index contributed by atoms with van der Waals surface area (Å²) in [4.78, 5) is 5.19. The molecule has 0 unspecified atom stereocenters. The van der Waals surface area contributed by atoms with Gasteiger partial charge in [-0.2, -0.15) is 4.31 Å². The number of H-pyrrole nitrogens is 1. The second-order valence-electron chi connectivity index (χ2n) is 5.09. The van der Waals surface area contributed by atoms with Crippen LogP contribution in [0.25, 0.3) is 10.9 Å². The van der Waals surface area contributed by atoms with Gasteiger partial charge in [0.25, 0.3) is 0 Å². The van der Waals surface area contributed by atoms with Crippen LogP contribution in [0.5, 0.6) is 0 Å². The number of nitrogens with two attached hydrogens (primary N) is 1. The zero-order chi connectivity index (χ0) is 14.9. The third-order valence-corrected chi connectivity index (χ3v) is 5.11. The maximum atomic E-state index is 12.6. The average molecular weight is 296 g/mol. The fourth-order valence-corrected chi connectivity index (χ4v) is 3.28. The van der Waals surface area contributed by atoms with Gasteiger partial charge in [0, 0.05) is 42.9 Å². The lowest BCUT2D eigenvalue weighted by Gasteiger charge is -2.19. The highest BCUT2D eigenvalue weighted by Crippen LogP contribution is 2.26. The molecule has 1 aromatic heterocycles. The van der Waals surface area contributed by atoms with Crippen molar-refractivity contribution in [2.24, 2.45) is 0 Å². The molecule has 7 heteroatoms. The molecule has 0 aliphatic carbocycles. The van der Waals surface area contributed by atoms with Gasteiger partial charge in [0.1, 0.15) is 4.90 Å². The monoisotopic (exact) mass is 296 g/mol. The number of fused-ring (bicyclic) bond motifs is 1. The van der Waals surface area contributed by atoms with Gasteiger partial charge < -0.3 is 15.6 Å².